The van der Waals surface area contributed by atoms with Gasteiger partial charge in [-0.1, -0.05) is 13.3 Å². The predicted molar refractivity (Wildman–Crippen MR) is 98.7 cm³/mol. The minimum absolute atomic E-state index is 0.0614. The molecule has 2 aliphatic heterocycles. The van der Waals surface area contributed by atoms with Crippen molar-refractivity contribution in [3.8, 4) is 0 Å². The van der Waals surface area contributed by atoms with Crippen LogP contribution in [0.1, 0.15) is 57.4 Å². The number of hydrogen-bond donors (Lipinski definition) is 2. The summed E-state index contributed by atoms with van der Waals surface area (Å²) in [5.41, 5.74) is 6.82. The molecule has 1 aromatic heterocycles. The average Bonchev–Trinajstić information content (AvgIpc) is 2.93. The highest BCUT2D eigenvalue weighted by Crippen LogP contribution is 2.32. The summed E-state index contributed by atoms with van der Waals surface area (Å²) in [5, 5.41) is 3.20. The highest BCUT2D eigenvalue weighted by Gasteiger charge is 2.31. The van der Waals surface area contributed by atoms with Gasteiger partial charge in [-0.3, -0.25) is 9.69 Å². The number of nitrogen functional groups attached to an aromatic ring is 1. The molecule has 1 fully saturated rings. The van der Waals surface area contributed by atoms with E-state index in [1.54, 1.807) is 4.90 Å². The number of rotatable bonds is 8. The fourth-order valence-corrected chi connectivity index (χ4v) is 3.45. The van der Waals surface area contributed by atoms with Crippen molar-refractivity contribution < 1.29 is 9.53 Å². The molecule has 0 radical (unpaired) electrons. The number of fused-ring (bicyclic) bond motifs is 1. The van der Waals surface area contributed by atoms with Gasteiger partial charge in [-0.25, -0.2) is 0 Å². The first-order valence-corrected chi connectivity index (χ1v) is 9.51. The lowest BCUT2D eigenvalue weighted by molar-refractivity contribution is -0.117. The van der Waals surface area contributed by atoms with Crippen LogP contribution < -0.4 is 16.0 Å². The Morgan fingerprint density at radius 3 is 2.96 bits per heavy atom. The fraction of sp³-hybridized carbons (Fsp3) is 0.722. The van der Waals surface area contributed by atoms with Crippen LogP contribution in [0.3, 0.4) is 0 Å². The number of anilines is 3. The minimum atomic E-state index is 0.0614. The molecule has 0 aromatic carbocycles. The maximum absolute atomic E-state index is 12.4. The molecule has 0 spiro atoms. The van der Waals surface area contributed by atoms with Gasteiger partial charge in [0.1, 0.15) is 11.6 Å². The summed E-state index contributed by atoms with van der Waals surface area (Å²) in [4.78, 5) is 23.0. The Bertz CT molecular complexity index is 601. The molecule has 3 heterocycles. The Hall–Kier alpha value is -1.89. The first-order chi connectivity index (χ1) is 12.2. The molecule has 3 rings (SSSR count). The molecule has 1 atom stereocenters. The molecule has 7 nitrogen and oxygen atoms in total. The molecule has 1 amide bonds. The largest absolute Gasteiger partial charge is 0.383 e. The van der Waals surface area contributed by atoms with E-state index in [2.05, 4.69) is 22.2 Å². The number of nitrogens with two attached hydrogens (primary N) is 1. The molecular weight excluding hydrogens is 318 g/mol. The number of ether oxygens (including phenoxy) is 1. The van der Waals surface area contributed by atoms with Crippen molar-refractivity contribution >= 4 is 23.5 Å². The summed E-state index contributed by atoms with van der Waals surface area (Å²) in [6.07, 6.45) is 8.23. The van der Waals surface area contributed by atoms with Gasteiger partial charge in [0.2, 0.25) is 11.9 Å². The van der Waals surface area contributed by atoms with Crippen molar-refractivity contribution in [1.29, 1.82) is 0 Å². The maximum atomic E-state index is 12.4. The second kappa shape index (κ2) is 8.47. The predicted octanol–water partition coefficient (Wildman–Crippen LogP) is 2.51. The lowest BCUT2D eigenvalue weighted by Gasteiger charge is -2.24. The van der Waals surface area contributed by atoms with Gasteiger partial charge in [0.05, 0.1) is 12.5 Å². The SMILES string of the molecule is CCCCNc1nc(N)c2c(n1)N(CCCC1CCCCO1)C(=O)C2. The molecule has 1 saturated heterocycles. The number of unbranched alkanes of at least 4 members (excludes halogenated alkanes) is 1. The number of amides is 1. The summed E-state index contributed by atoms with van der Waals surface area (Å²) >= 11 is 0. The van der Waals surface area contributed by atoms with E-state index in [1.165, 1.54) is 12.8 Å². The maximum Gasteiger partial charge on any atom is 0.232 e. The zero-order valence-corrected chi connectivity index (χ0v) is 15.1. The fourth-order valence-electron chi connectivity index (χ4n) is 3.45. The zero-order chi connectivity index (χ0) is 17.6. The Balaban J connectivity index is 1.62. The average molecular weight is 347 g/mol. The summed E-state index contributed by atoms with van der Waals surface area (Å²) in [5.74, 6) is 1.67. The van der Waals surface area contributed by atoms with Crippen LogP contribution in [-0.2, 0) is 16.0 Å². The van der Waals surface area contributed by atoms with Crippen molar-refractivity contribution in [2.24, 2.45) is 0 Å². The molecule has 1 unspecified atom stereocenters. The number of aromatic nitrogens is 2. The van der Waals surface area contributed by atoms with Crippen LogP contribution >= 0.6 is 0 Å². The Labute approximate surface area is 149 Å². The third-order valence-electron chi connectivity index (χ3n) is 4.90. The van der Waals surface area contributed by atoms with Crippen LogP contribution in [0.25, 0.3) is 0 Å². The third kappa shape index (κ3) is 4.39. The quantitative estimate of drug-likeness (QED) is 0.702. The normalized spacial score (nSPS) is 20.0. The van der Waals surface area contributed by atoms with Crippen LogP contribution in [-0.4, -0.2) is 41.7 Å². The van der Waals surface area contributed by atoms with Gasteiger partial charge >= 0.3 is 0 Å². The monoisotopic (exact) mass is 347 g/mol. The first kappa shape index (κ1) is 17.9. The molecule has 25 heavy (non-hydrogen) atoms. The van der Waals surface area contributed by atoms with E-state index in [-0.39, 0.29) is 5.91 Å². The molecule has 0 aliphatic carbocycles. The van der Waals surface area contributed by atoms with Gasteiger partial charge in [-0.2, -0.15) is 9.97 Å². The first-order valence-electron chi connectivity index (χ1n) is 9.51. The summed E-state index contributed by atoms with van der Waals surface area (Å²) in [7, 11) is 0. The van der Waals surface area contributed by atoms with Crippen LogP contribution in [0.2, 0.25) is 0 Å². The summed E-state index contributed by atoms with van der Waals surface area (Å²) in [6.45, 7) is 4.47. The van der Waals surface area contributed by atoms with Crippen molar-refractivity contribution in [3.05, 3.63) is 5.56 Å². The molecule has 1 aromatic rings. The van der Waals surface area contributed by atoms with E-state index in [9.17, 15) is 4.79 Å². The van der Waals surface area contributed by atoms with Gasteiger partial charge in [0.15, 0.2) is 0 Å². The minimum Gasteiger partial charge on any atom is -0.383 e. The second-order valence-electron chi connectivity index (χ2n) is 6.87. The number of nitrogens with zero attached hydrogens (tertiary/aromatic N) is 3. The number of nitrogens with one attached hydrogen (secondary N) is 1. The smallest absolute Gasteiger partial charge is 0.232 e. The standard InChI is InChI=1S/C18H29N5O2/c1-2-3-9-20-18-21-16(19)14-12-15(24)23(17(14)22-18)10-6-8-13-7-4-5-11-25-13/h13H,2-12H2,1H3,(H3,19,20,21,22). The van der Waals surface area contributed by atoms with E-state index in [4.69, 9.17) is 10.5 Å². The Morgan fingerprint density at radius 1 is 1.32 bits per heavy atom. The van der Waals surface area contributed by atoms with Gasteiger partial charge in [-0.05, 0) is 38.5 Å². The van der Waals surface area contributed by atoms with Gasteiger partial charge < -0.3 is 15.8 Å². The summed E-state index contributed by atoms with van der Waals surface area (Å²) in [6, 6.07) is 0. The Morgan fingerprint density at radius 2 is 2.20 bits per heavy atom. The lowest BCUT2D eigenvalue weighted by atomic mass is 10.0. The number of carbonyl (C=O) groups excluding carboxylic acids is 1. The number of hydrogen-bond acceptors (Lipinski definition) is 6. The van der Waals surface area contributed by atoms with Crippen molar-refractivity contribution in [3.63, 3.8) is 0 Å². The van der Waals surface area contributed by atoms with E-state index in [0.29, 0.717) is 36.7 Å². The Kier molecular flexibility index (Phi) is 6.07. The second-order valence-corrected chi connectivity index (χ2v) is 6.87. The molecule has 3 N–H and O–H groups in total. The summed E-state index contributed by atoms with van der Waals surface area (Å²) < 4.78 is 5.77. The van der Waals surface area contributed by atoms with Crippen molar-refractivity contribution in [1.82, 2.24) is 9.97 Å². The highest BCUT2D eigenvalue weighted by atomic mass is 16.5. The van der Waals surface area contributed by atoms with Gasteiger partial charge in [-0.15, -0.1) is 0 Å². The van der Waals surface area contributed by atoms with Crippen LogP contribution in [0.4, 0.5) is 17.6 Å². The van der Waals surface area contributed by atoms with Crippen molar-refractivity contribution in [2.75, 3.05) is 35.6 Å². The molecule has 2 aliphatic rings. The molecule has 138 valence electrons. The highest BCUT2D eigenvalue weighted by molar-refractivity contribution is 6.01. The number of carbonyl (C=O) groups is 1. The van der Waals surface area contributed by atoms with Gasteiger partial charge in [0, 0.05) is 25.3 Å². The molecule has 0 bridgehead atoms. The third-order valence-corrected chi connectivity index (χ3v) is 4.90. The molecule has 7 heteroatoms. The van der Waals surface area contributed by atoms with E-state index < -0.39 is 0 Å². The molecule has 0 saturated carbocycles. The van der Waals surface area contributed by atoms with Crippen LogP contribution in [0, 0.1) is 0 Å². The van der Waals surface area contributed by atoms with E-state index in [1.807, 2.05) is 0 Å². The zero-order valence-electron chi connectivity index (χ0n) is 15.1. The van der Waals surface area contributed by atoms with E-state index >= 15 is 0 Å². The van der Waals surface area contributed by atoms with Gasteiger partial charge in [0.25, 0.3) is 0 Å². The molecular formula is C18H29N5O2. The van der Waals surface area contributed by atoms with Crippen LogP contribution in [0.5, 0.6) is 0 Å². The van der Waals surface area contributed by atoms with E-state index in [0.717, 1.165) is 50.8 Å². The lowest BCUT2D eigenvalue weighted by Crippen LogP contribution is -2.30. The van der Waals surface area contributed by atoms with Crippen LogP contribution in [0.15, 0.2) is 0 Å². The topological polar surface area (TPSA) is 93.4 Å². The van der Waals surface area contributed by atoms with Crippen molar-refractivity contribution in [2.45, 2.75) is 64.4 Å².